The van der Waals surface area contributed by atoms with Crippen molar-refractivity contribution in [2.45, 2.75) is 45.6 Å². The molecule has 0 bridgehead atoms. The fourth-order valence-corrected chi connectivity index (χ4v) is 0.709. The molecule has 0 unspecified atom stereocenters. The fourth-order valence-electron chi connectivity index (χ4n) is 0.709. The second kappa shape index (κ2) is 5.30. The molecule has 0 rings (SSSR count). The van der Waals surface area contributed by atoms with Gasteiger partial charge in [0.1, 0.15) is 5.60 Å². The first-order valence-corrected chi connectivity index (χ1v) is 4.15. The Labute approximate surface area is 68.9 Å². The lowest BCUT2D eigenvalue weighted by atomic mass is 10.2. The van der Waals surface area contributed by atoms with Gasteiger partial charge in [-0.25, -0.2) is 0 Å². The molecule has 2 nitrogen and oxygen atoms in total. The molecule has 1 radical (unpaired) electrons. The van der Waals surface area contributed by atoms with Crippen LogP contribution >= 0.6 is 0 Å². The summed E-state index contributed by atoms with van der Waals surface area (Å²) in [6.07, 6.45) is 5.21. The normalized spacial score (nSPS) is 11.5. The van der Waals surface area contributed by atoms with Gasteiger partial charge in [0.15, 0.2) is 0 Å². The lowest BCUT2D eigenvalue weighted by Crippen LogP contribution is -2.26. The molecule has 0 spiro atoms. The lowest BCUT2D eigenvalue weighted by Gasteiger charge is -2.16. The molecular weight excluding hydrogens is 140 g/mol. The van der Waals surface area contributed by atoms with Gasteiger partial charge in [0, 0.05) is 6.61 Å². The van der Waals surface area contributed by atoms with E-state index in [0.717, 1.165) is 12.8 Å². The van der Waals surface area contributed by atoms with Gasteiger partial charge in [-0.05, 0) is 20.3 Å². The molecule has 0 saturated heterocycles. The Morgan fingerprint density at radius 2 is 2.00 bits per heavy atom. The maximum atomic E-state index is 10.2. The van der Waals surface area contributed by atoms with Gasteiger partial charge in [-0.3, -0.25) is 4.79 Å². The summed E-state index contributed by atoms with van der Waals surface area (Å²) in [6, 6.07) is 0. The average Bonchev–Trinajstić information content (AvgIpc) is 1.99. The van der Waals surface area contributed by atoms with Crippen molar-refractivity contribution in [3.05, 3.63) is 0 Å². The van der Waals surface area contributed by atoms with E-state index in [1.54, 1.807) is 13.8 Å². The summed E-state index contributed by atoms with van der Waals surface area (Å²) in [4.78, 5) is 10.2. The number of ether oxygens (including phenoxy) is 1. The molecule has 0 heterocycles. The molecule has 0 aromatic carbocycles. The minimum Gasteiger partial charge on any atom is -0.367 e. The van der Waals surface area contributed by atoms with Crippen molar-refractivity contribution >= 4 is 6.29 Å². The van der Waals surface area contributed by atoms with E-state index in [2.05, 4.69) is 6.92 Å². The molecule has 0 saturated carbocycles. The molecular formula is C9H17O2. The SMILES string of the molecule is CCCCCOC(C)(C)[C]=O. The third-order valence-electron chi connectivity index (χ3n) is 1.46. The van der Waals surface area contributed by atoms with Gasteiger partial charge in [0.25, 0.3) is 0 Å². The Morgan fingerprint density at radius 3 is 2.45 bits per heavy atom. The fraction of sp³-hybridized carbons (Fsp3) is 0.889. The molecule has 11 heavy (non-hydrogen) atoms. The molecule has 0 atom stereocenters. The molecule has 0 N–H and O–H groups in total. The summed E-state index contributed by atoms with van der Waals surface area (Å²) >= 11 is 0. The first-order chi connectivity index (χ1) is 5.12. The van der Waals surface area contributed by atoms with Crippen LogP contribution in [-0.4, -0.2) is 18.5 Å². The number of unbranched alkanes of at least 4 members (excludes halogenated alkanes) is 2. The largest absolute Gasteiger partial charge is 0.367 e. The Kier molecular flexibility index (Phi) is 5.12. The first-order valence-electron chi connectivity index (χ1n) is 4.15. The zero-order valence-electron chi connectivity index (χ0n) is 7.64. The molecule has 0 aromatic heterocycles. The zero-order chi connectivity index (χ0) is 8.74. The standard InChI is InChI=1S/C9H17O2/c1-4-5-6-7-11-9(2,3)8-10/h4-7H2,1-3H3. The molecule has 0 aliphatic carbocycles. The second-order valence-corrected chi connectivity index (χ2v) is 3.17. The number of carbonyl (C=O) groups excluding carboxylic acids is 1. The lowest BCUT2D eigenvalue weighted by molar-refractivity contribution is 0.0306. The molecule has 0 aliphatic rings. The van der Waals surface area contributed by atoms with E-state index in [1.807, 2.05) is 6.29 Å². The summed E-state index contributed by atoms with van der Waals surface area (Å²) in [7, 11) is 0. The minimum atomic E-state index is -0.715. The highest BCUT2D eigenvalue weighted by atomic mass is 16.5. The van der Waals surface area contributed by atoms with Crippen LogP contribution in [0.4, 0.5) is 0 Å². The average molecular weight is 157 g/mol. The smallest absolute Gasteiger partial charge is 0.232 e. The number of hydrogen-bond donors (Lipinski definition) is 0. The molecule has 2 heteroatoms. The van der Waals surface area contributed by atoms with E-state index in [-0.39, 0.29) is 0 Å². The van der Waals surface area contributed by atoms with Crippen LogP contribution < -0.4 is 0 Å². The van der Waals surface area contributed by atoms with Crippen molar-refractivity contribution in [2.24, 2.45) is 0 Å². The Bertz CT molecular complexity index is 108. The van der Waals surface area contributed by atoms with Gasteiger partial charge in [-0.2, -0.15) is 0 Å². The Hall–Kier alpha value is -0.370. The van der Waals surface area contributed by atoms with Crippen LogP contribution in [0, 0.1) is 0 Å². The maximum absolute atomic E-state index is 10.2. The Balaban J connectivity index is 3.30. The third kappa shape index (κ3) is 6.05. The number of rotatable bonds is 6. The summed E-state index contributed by atoms with van der Waals surface area (Å²) in [5, 5.41) is 0. The van der Waals surface area contributed by atoms with Gasteiger partial charge < -0.3 is 4.74 Å². The van der Waals surface area contributed by atoms with Crippen molar-refractivity contribution in [1.82, 2.24) is 0 Å². The second-order valence-electron chi connectivity index (χ2n) is 3.17. The van der Waals surface area contributed by atoms with Crippen LogP contribution in [-0.2, 0) is 9.53 Å². The van der Waals surface area contributed by atoms with Gasteiger partial charge in [0.05, 0.1) is 0 Å². The summed E-state index contributed by atoms with van der Waals surface area (Å²) in [5.74, 6) is 0. The van der Waals surface area contributed by atoms with Crippen LogP contribution in [0.25, 0.3) is 0 Å². The maximum Gasteiger partial charge on any atom is 0.232 e. The van der Waals surface area contributed by atoms with Crippen molar-refractivity contribution in [3.8, 4) is 0 Å². The van der Waals surface area contributed by atoms with Gasteiger partial charge in [-0.15, -0.1) is 0 Å². The van der Waals surface area contributed by atoms with E-state index in [9.17, 15) is 4.79 Å². The van der Waals surface area contributed by atoms with Crippen LogP contribution in [0.3, 0.4) is 0 Å². The van der Waals surface area contributed by atoms with Crippen LogP contribution in [0.2, 0.25) is 0 Å². The van der Waals surface area contributed by atoms with E-state index in [0.29, 0.717) is 6.61 Å². The highest BCUT2D eigenvalue weighted by Gasteiger charge is 2.17. The molecule has 0 aromatic rings. The zero-order valence-corrected chi connectivity index (χ0v) is 7.64. The topological polar surface area (TPSA) is 26.3 Å². The van der Waals surface area contributed by atoms with E-state index >= 15 is 0 Å². The van der Waals surface area contributed by atoms with Crippen molar-refractivity contribution in [2.75, 3.05) is 6.61 Å². The van der Waals surface area contributed by atoms with E-state index in [1.165, 1.54) is 6.42 Å². The summed E-state index contributed by atoms with van der Waals surface area (Å²) in [6.45, 7) is 6.25. The third-order valence-corrected chi connectivity index (χ3v) is 1.46. The number of hydrogen-bond acceptors (Lipinski definition) is 2. The van der Waals surface area contributed by atoms with Crippen molar-refractivity contribution in [1.29, 1.82) is 0 Å². The molecule has 0 fully saturated rings. The first kappa shape index (κ1) is 10.6. The van der Waals surface area contributed by atoms with Crippen molar-refractivity contribution < 1.29 is 9.53 Å². The Morgan fingerprint density at radius 1 is 1.36 bits per heavy atom. The highest BCUT2D eigenvalue weighted by Crippen LogP contribution is 2.06. The molecule has 0 aliphatic heterocycles. The highest BCUT2D eigenvalue weighted by molar-refractivity contribution is 5.61. The van der Waals surface area contributed by atoms with Crippen LogP contribution in [0.15, 0.2) is 0 Å². The van der Waals surface area contributed by atoms with Gasteiger partial charge in [-0.1, -0.05) is 19.8 Å². The van der Waals surface area contributed by atoms with E-state index < -0.39 is 5.60 Å². The molecule has 0 amide bonds. The van der Waals surface area contributed by atoms with Gasteiger partial charge >= 0.3 is 0 Å². The summed E-state index contributed by atoms with van der Waals surface area (Å²) in [5.41, 5.74) is -0.715. The predicted octanol–water partition coefficient (Wildman–Crippen LogP) is 2.08. The van der Waals surface area contributed by atoms with E-state index in [4.69, 9.17) is 4.74 Å². The molecule has 65 valence electrons. The minimum absolute atomic E-state index is 0.663. The quantitative estimate of drug-likeness (QED) is 0.552. The predicted molar refractivity (Wildman–Crippen MR) is 45.2 cm³/mol. The monoisotopic (exact) mass is 157 g/mol. The van der Waals surface area contributed by atoms with Gasteiger partial charge in [0.2, 0.25) is 6.29 Å². The van der Waals surface area contributed by atoms with Crippen LogP contribution in [0.1, 0.15) is 40.0 Å². The summed E-state index contributed by atoms with van der Waals surface area (Å²) < 4.78 is 5.26. The van der Waals surface area contributed by atoms with Crippen molar-refractivity contribution in [3.63, 3.8) is 0 Å². The van der Waals surface area contributed by atoms with Crippen LogP contribution in [0.5, 0.6) is 0 Å².